The molecule has 0 atom stereocenters. The molecule has 1 amide bonds. The molecule has 1 aromatic carbocycles. The van der Waals surface area contributed by atoms with Gasteiger partial charge < -0.3 is 5.32 Å². The van der Waals surface area contributed by atoms with Gasteiger partial charge in [0.2, 0.25) is 5.91 Å². The van der Waals surface area contributed by atoms with Gasteiger partial charge in [0, 0.05) is 28.6 Å². The summed E-state index contributed by atoms with van der Waals surface area (Å²) in [6.07, 6.45) is 4.98. The lowest BCUT2D eigenvalue weighted by Crippen LogP contribution is -2.34. The lowest BCUT2D eigenvalue weighted by atomic mass is 10.0. The Bertz CT molecular complexity index is 985. The second-order valence-corrected chi connectivity index (χ2v) is 7.55. The van der Waals surface area contributed by atoms with Crippen molar-refractivity contribution in [2.45, 2.75) is 58.9 Å². The van der Waals surface area contributed by atoms with E-state index in [0.29, 0.717) is 12.5 Å². The summed E-state index contributed by atoms with van der Waals surface area (Å²) in [5.74, 6) is 0.0846. The zero-order valence-electron chi connectivity index (χ0n) is 16.2. The normalized spacial score (nSPS) is 14.8. The SMILES string of the molecule is Cc1nc2c(-c3ccccc3)c(C)nn2c(C)c1CC(=O)NC1CCCC1. The molecular formula is C22H26N4O. The summed E-state index contributed by atoms with van der Waals surface area (Å²) in [4.78, 5) is 17.4. The van der Waals surface area contributed by atoms with Crippen LogP contribution in [0.2, 0.25) is 0 Å². The van der Waals surface area contributed by atoms with Crippen LogP contribution in [0, 0.1) is 20.8 Å². The number of hydrogen-bond donors (Lipinski definition) is 1. The van der Waals surface area contributed by atoms with Crippen molar-refractivity contribution in [1.82, 2.24) is 19.9 Å². The molecule has 0 aliphatic heterocycles. The summed E-state index contributed by atoms with van der Waals surface area (Å²) in [6, 6.07) is 10.6. The van der Waals surface area contributed by atoms with E-state index >= 15 is 0 Å². The van der Waals surface area contributed by atoms with E-state index < -0.39 is 0 Å². The highest BCUT2D eigenvalue weighted by Gasteiger charge is 2.21. The molecule has 4 rings (SSSR count). The molecule has 1 aliphatic rings. The highest BCUT2D eigenvalue weighted by molar-refractivity contribution is 5.82. The van der Waals surface area contributed by atoms with Crippen molar-refractivity contribution in [2.24, 2.45) is 0 Å². The molecular weight excluding hydrogens is 336 g/mol. The number of nitrogens with one attached hydrogen (secondary N) is 1. The fourth-order valence-electron chi connectivity index (χ4n) is 4.18. The number of hydrogen-bond acceptors (Lipinski definition) is 3. The third-order valence-corrected chi connectivity index (χ3v) is 5.62. The molecule has 2 heterocycles. The summed E-state index contributed by atoms with van der Waals surface area (Å²) in [5.41, 5.74) is 6.84. The zero-order valence-corrected chi connectivity index (χ0v) is 16.2. The van der Waals surface area contributed by atoms with E-state index in [1.54, 1.807) is 0 Å². The summed E-state index contributed by atoms with van der Waals surface area (Å²) < 4.78 is 1.89. The van der Waals surface area contributed by atoms with Gasteiger partial charge in [0.1, 0.15) is 0 Å². The number of aryl methyl sites for hydroxylation is 3. The monoisotopic (exact) mass is 362 g/mol. The fourth-order valence-corrected chi connectivity index (χ4v) is 4.18. The number of carbonyl (C=O) groups is 1. The van der Waals surface area contributed by atoms with E-state index in [0.717, 1.165) is 52.3 Å². The quantitative estimate of drug-likeness (QED) is 0.765. The largest absolute Gasteiger partial charge is 0.353 e. The predicted octanol–water partition coefficient (Wildman–Crippen LogP) is 3.92. The van der Waals surface area contributed by atoms with E-state index in [1.807, 2.05) is 43.5 Å². The Balaban J connectivity index is 1.70. The highest BCUT2D eigenvalue weighted by atomic mass is 16.1. The van der Waals surface area contributed by atoms with E-state index in [-0.39, 0.29) is 5.91 Å². The van der Waals surface area contributed by atoms with Crippen LogP contribution in [0.4, 0.5) is 0 Å². The minimum absolute atomic E-state index is 0.0846. The van der Waals surface area contributed by atoms with Crippen LogP contribution in [0.15, 0.2) is 30.3 Å². The molecule has 0 spiro atoms. The van der Waals surface area contributed by atoms with Crippen LogP contribution in [-0.2, 0) is 11.2 Å². The van der Waals surface area contributed by atoms with Gasteiger partial charge in [-0.2, -0.15) is 5.10 Å². The molecule has 0 bridgehead atoms. The molecule has 5 nitrogen and oxygen atoms in total. The molecule has 1 N–H and O–H groups in total. The number of rotatable bonds is 4. The number of nitrogens with zero attached hydrogens (tertiary/aromatic N) is 3. The minimum atomic E-state index is 0.0846. The lowest BCUT2D eigenvalue weighted by Gasteiger charge is -2.14. The standard InChI is InChI=1S/C22H26N4O/c1-14-19(13-20(27)24-18-11-7-8-12-18)16(3)26-22(23-14)21(15(2)25-26)17-9-5-4-6-10-17/h4-6,9-10,18H,7-8,11-13H2,1-3H3,(H,24,27). The van der Waals surface area contributed by atoms with Crippen molar-refractivity contribution in [3.63, 3.8) is 0 Å². The third-order valence-electron chi connectivity index (χ3n) is 5.62. The van der Waals surface area contributed by atoms with Gasteiger partial charge in [-0.1, -0.05) is 43.2 Å². The Morgan fingerprint density at radius 3 is 2.52 bits per heavy atom. The Labute approximate surface area is 159 Å². The average Bonchev–Trinajstić information content (AvgIpc) is 3.27. The van der Waals surface area contributed by atoms with Crippen LogP contribution in [0.5, 0.6) is 0 Å². The van der Waals surface area contributed by atoms with Gasteiger partial charge in [-0.15, -0.1) is 0 Å². The fraction of sp³-hybridized carbons (Fsp3) is 0.409. The predicted molar refractivity (Wildman–Crippen MR) is 107 cm³/mol. The van der Waals surface area contributed by atoms with Crippen LogP contribution in [-0.4, -0.2) is 26.5 Å². The van der Waals surface area contributed by atoms with Gasteiger partial charge in [-0.25, -0.2) is 9.50 Å². The number of amides is 1. The number of fused-ring (bicyclic) bond motifs is 1. The number of benzene rings is 1. The Morgan fingerprint density at radius 2 is 1.81 bits per heavy atom. The number of aromatic nitrogens is 3. The first-order chi connectivity index (χ1) is 13.0. The Kier molecular flexibility index (Phi) is 4.68. The molecule has 1 fully saturated rings. The van der Waals surface area contributed by atoms with Crippen LogP contribution >= 0.6 is 0 Å². The molecule has 5 heteroatoms. The second kappa shape index (κ2) is 7.14. The van der Waals surface area contributed by atoms with Crippen LogP contribution < -0.4 is 5.32 Å². The molecule has 0 saturated heterocycles. The maximum absolute atomic E-state index is 12.5. The van der Waals surface area contributed by atoms with Crippen molar-refractivity contribution in [3.05, 3.63) is 53.0 Å². The zero-order chi connectivity index (χ0) is 19.0. The second-order valence-electron chi connectivity index (χ2n) is 7.55. The topological polar surface area (TPSA) is 59.3 Å². The van der Waals surface area contributed by atoms with Crippen LogP contribution in [0.25, 0.3) is 16.8 Å². The van der Waals surface area contributed by atoms with E-state index in [2.05, 4.69) is 17.4 Å². The number of carbonyl (C=O) groups excluding carboxylic acids is 1. The lowest BCUT2D eigenvalue weighted by molar-refractivity contribution is -0.121. The van der Waals surface area contributed by atoms with Crippen molar-refractivity contribution in [2.75, 3.05) is 0 Å². The summed E-state index contributed by atoms with van der Waals surface area (Å²) in [6.45, 7) is 6.03. The first-order valence-electron chi connectivity index (χ1n) is 9.75. The molecule has 1 saturated carbocycles. The third kappa shape index (κ3) is 3.34. The Hall–Kier alpha value is -2.69. The summed E-state index contributed by atoms with van der Waals surface area (Å²) in [7, 11) is 0. The van der Waals surface area contributed by atoms with Crippen molar-refractivity contribution in [3.8, 4) is 11.1 Å². The molecule has 3 aromatic rings. The van der Waals surface area contributed by atoms with Gasteiger partial charge in [-0.3, -0.25) is 4.79 Å². The molecule has 2 aromatic heterocycles. The van der Waals surface area contributed by atoms with Crippen LogP contribution in [0.1, 0.15) is 48.3 Å². The van der Waals surface area contributed by atoms with Gasteiger partial charge in [0.15, 0.2) is 5.65 Å². The van der Waals surface area contributed by atoms with Crippen LogP contribution in [0.3, 0.4) is 0 Å². The molecule has 0 radical (unpaired) electrons. The molecule has 27 heavy (non-hydrogen) atoms. The van der Waals surface area contributed by atoms with Crippen molar-refractivity contribution >= 4 is 11.6 Å². The Morgan fingerprint density at radius 1 is 1.11 bits per heavy atom. The van der Waals surface area contributed by atoms with E-state index in [9.17, 15) is 4.79 Å². The minimum Gasteiger partial charge on any atom is -0.353 e. The van der Waals surface area contributed by atoms with Gasteiger partial charge in [-0.05, 0) is 39.2 Å². The highest BCUT2D eigenvalue weighted by Crippen LogP contribution is 2.29. The van der Waals surface area contributed by atoms with Crippen molar-refractivity contribution < 1.29 is 4.79 Å². The van der Waals surface area contributed by atoms with E-state index in [4.69, 9.17) is 10.1 Å². The smallest absolute Gasteiger partial charge is 0.224 e. The van der Waals surface area contributed by atoms with Gasteiger partial charge in [0.05, 0.1) is 12.1 Å². The van der Waals surface area contributed by atoms with Gasteiger partial charge >= 0.3 is 0 Å². The maximum Gasteiger partial charge on any atom is 0.224 e. The molecule has 1 aliphatic carbocycles. The molecule has 140 valence electrons. The van der Waals surface area contributed by atoms with E-state index in [1.165, 1.54) is 12.8 Å². The first-order valence-corrected chi connectivity index (χ1v) is 9.75. The maximum atomic E-state index is 12.5. The molecule has 0 unspecified atom stereocenters. The first kappa shape index (κ1) is 17.7. The van der Waals surface area contributed by atoms with Crippen molar-refractivity contribution in [1.29, 1.82) is 0 Å². The van der Waals surface area contributed by atoms with Gasteiger partial charge in [0.25, 0.3) is 0 Å². The summed E-state index contributed by atoms with van der Waals surface area (Å²) in [5, 5.41) is 7.90. The average molecular weight is 362 g/mol. The summed E-state index contributed by atoms with van der Waals surface area (Å²) >= 11 is 0.